The number of aromatic nitrogens is 2. The number of rotatable bonds is 7. The van der Waals surface area contributed by atoms with Crippen LogP contribution in [0.25, 0.3) is 11.4 Å². The van der Waals surface area contributed by atoms with Gasteiger partial charge in [-0.2, -0.15) is 4.98 Å². The molecular weight excluding hydrogens is 448 g/mol. The molecule has 1 amide bonds. The number of nitrogens with one attached hydrogen (secondary N) is 1. The van der Waals surface area contributed by atoms with E-state index in [9.17, 15) is 4.79 Å². The molecule has 1 saturated heterocycles. The number of aryl methyl sites for hydroxylation is 2. The van der Waals surface area contributed by atoms with Gasteiger partial charge >= 0.3 is 0 Å². The van der Waals surface area contributed by atoms with E-state index in [2.05, 4.69) is 51.5 Å². The Labute approximate surface area is 212 Å². The highest BCUT2D eigenvalue weighted by molar-refractivity contribution is 5.80. The molecule has 1 aromatic heterocycles. The molecule has 2 heterocycles. The van der Waals surface area contributed by atoms with Crippen molar-refractivity contribution >= 4 is 5.91 Å². The number of carbonyl (C=O) groups excluding carboxylic acids is 1. The fourth-order valence-electron chi connectivity index (χ4n) is 4.98. The Bertz CT molecular complexity index is 1320. The zero-order valence-corrected chi connectivity index (χ0v) is 20.9. The van der Waals surface area contributed by atoms with Gasteiger partial charge in [0.25, 0.3) is 0 Å². The first-order valence-electron chi connectivity index (χ1n) is 12.6. The fraction of sp³-hybridized carbons (Fsp3) is 0.300. The van der Waals surface area contributed by atoms with E-state index >= 15 is 0 Å². The van der Waals surface area contributed by atoms with Gasteiger partial charge in [-0.25, -0.2) is 0 Å². The van der Waals surface area contributed by atoms with E-state index in [4.69, 9.17) is 4.52 Å². The van der Waals surface area contributed by atoms with Crippen molar-refractivity contribution in [3.63, 3.8) is 0 Å². The van der Waals surface area contributed by atoms with Crippen LogP contribution < -0.4 is 5.32 Å². The molecule has 0 radical (unpaired) electrons. The average molecular weight is 481 g/mol. The van der Waals surface area contributed by atoms with Crippen LogP contribution in [0, 0.1) is 19.8 Å². The van der Waals surface area contributed by atoms with E-state index in [1.807, 2.05) is 61.5 Å². The predicted molar refractivity (Wildman–Crippen MR) is 140 cm³/mol. The van der Waals surface area contributed by atoms with Crippen LogP contribution in [0.15, 0.2) is 83.4 Å². The Hall–Kier alpha value is -3.77. The van der Waals surface area contributed by atoms with Gasteiger partial charge in [0.15, 0.2) is 0 Å². The third-order valence-corrected chi connectivity index (χ3v) is 6.90. The second-order valence-corrected chi connectivity index (χ2v) is 9.66. The van der Waals surface area contributed by atoms with Crippen molar-refractivity contribution in [1.82, 2.24) is 20.4 Å². The van der Waals surface area contributed by atoms with Gasteiger partial charge in [0.1, 0.15) is 0 Å². The van der Waals surface area contributed by atoms with Gasteiger partial charge in [-0.1, -0.05) is 83.5 Å². The van der Waals surface area contributed by atoms with Crippen molar-refractivity contribution in [1.29, 1.82) is 0 Å². The highest BCUT2D eigenvalue weighted by Crippen LogP contribution is 2.27. The number of benzene rings is 3. The molecule has 0 aliphatic carbocycles. The van der Waals surface area contributed by atoms with Crippen LogP contribution in [0.2, 0.25) is 0 Å². The van der Waals surface area contributed by atoms with Gasteiger partial charge in [-0.05, 0) is 56.0 Å². The number of hydrogen-bond acceptors (Lipinski definition) is 5. The quantitative estimate of drug-likeness (QED) is 0.380. The van der Waals surface area contributed by atoms with Crippen LogP contribution in [-0.2, 0) is 11.3 Å². The molecular formula is C30H32N4O2. The number of nitrogens with zero attached hydrogens (tertiary/aromatic N) is 3. The van der Waals surface area contributed by atoms with Gasteiger partial charge in [0, 0.05) is 12.1 Å². The van der Waals surface area contributed by atoms with Crippen molar-refractivity contribution in [2.24, 2.45) is 5.92 Å². The van der Waals surface area contributed by atoms with E-state index in [0.717, 1.165) is 47.2 Å². The summed E-state index contributed by atoms with van der Waals surface area (Å²) in [5, 5.41) is 7.53. The van der Waals surface area contributed by atoms with E-state index in [1.54, 1.807) is 0 Å². The molecule has 6 heteroatoms. The summed E-state index contributed by atoms with van der Waals surface area (Å²) in [5.41, 5.74) is 5.48. The Kier molecular flexibility index (Phi) is 7.23. The molecule has 1 fully saturated rings. The second kappa shape index (κ2) is 10.9. The predicted octanol–water partition coefficient (Wildman–Crippen LogP) is 5.47. The lowest BCUT2D eigenvalue weighted by Gasteiger charge is -2.32. The minimum Gasteiger partial charge on any atom is -0.345 e. The number of amides is 1. The molecule has 5 rings (SSSR count). The smallest absolute Gasteiger partial charge is 0.241 e. The first-order valence-corrected chi connectivity index (χ1v) is 12.6. The molecule has 6 nitrogen and oxygen atoms in total. The highest BCUT2D eigenvalue weighted by Gasteiger charge is 2.29. The maximum Gasteiger partial charge on any atom is 0.241 e. The maximum absolute atomic E-state index is 13.5. The van der Waals surface area contributed by atoms with Crippen LogP contribution in [0.5, 0.6) is 0 Å². The van der Waals surface area contributed by atoms with Crippen molar-refractivity contribution in [2.45, 2.75) is 39.3 Å². The summed E-state index contributed by atoms with van der Waals surface area (Å²) in [6, 6.07) is 26.3. The van der Waals surface area contributed by atoms with Gasteiger partial charge in [0.05, 0.1) is 18.5 Å². The number of likely N-dealkylation sites (tertiary alicyclic amines) is 1. The van der Waals surface area contributed by atoms with Crippen LogP contribution >= 0.6 is 0 Å². The molecule has 2 unspecified atom stereocenters. The van der Waals surface area contributed by atoms with E-state index in [1.165, 1.54) is 0 Å². The lowest BCUT2D eigenvalue weighted by atomic mass is 9.92. The third-order valence-electron chi connectivity index (χ3n) is 6.90. The first kappa shape index (κ1) is 23.9. The standard InChI is InChI=1S/C30H32N4O2/c1-21-10-8-14-24(18-21)29-31-27(36-33-29)20-34-17-9-15-25(19-34)30(35)32-28(23-12-4-3-5-13-23)26-16-7-6-11-22(26)2/h3-8,10-14,16,18,25,28H,9,15,17,19-20H2,1-2H3,(H,32,35). The summed E-state index contributed by atoms with van der Waals surface area (Å²) in [6.07, 6.45) is 1.83. The molecule has 0 spiro atoms. The van der Waals surface area contributed by atoms with Crippen molar-refractivity contribution < 1.29 is 9.32 Å². The molecule has 184 valence electrons. The summed E-state index contributed by atoms with van der Waals surface area (Å²) >= 11 is 0. The molecule has 4 aromatic rings. The van der Waals surface area contributed by atoms with Gasteiger partial charge < -0.3 is 9.84 Å². The fourth-order valence-corrected chi connectivity index (χ4v) is 4.98. The second-order valence-electron chi connectivity index (χ2n) is 9.66. The van der Waals surface area contributed by atoms with Crippen LogP contribution in [-0.4, -0.2) is 34.0 Å². The summed E-state index contributed by atoms with van der Waals surface area (Å²) in [7, 11) is 0. The van der Waals surface area contributed by atoms with Crippen LogP contribution in [0.3, 0.4) is 0 Å². The monoisotopic (exact) mass is 480 g/mol. The zero-order chi connectivity index (χ0) is 24.9. The van der Waals surface area contributed by atoms with Crippen LogP contribution in [0.1, 0.15) is 47.0 Å². The lowest BCUT2D eigenvalue weighted by Crippen LogP contribution is -2.44. The molecule has 36 heavy (non-hydrogen) atoms. The summed E-state index contributed by atoms with van der Waals surface area (Å²) < 4.78 is 5.55. The lowest BCUT2D eigenvalue weighted by molar-refractivity contribution is -0.127. The highest BCUT2D eigenvalue weighted by atomic mass is 16.5. The molecule has 0 saturated carbocycles. The Morgan fingerprint density at radius 1 is 1.06 bits per heavy atom. The number of carbonyl (C=O) groups is 1. The van der Waals surface area contributed by atoms with E-state index in [-0.39, 0.29) is 17.9 Å². The summed E-state index contributed by atoms with van der Waals surface area (Å²) in [5.74, 6) is 1.18. The molecule has 1 N–H and O–H groups in total. The summed E-state index contributed by atoms with van der Waals surface area (Å²) in [6.45, 7) is 6.26. The van der Waals surface area contributed by atoms with E-state index in [0.29, 0.717) is 24.8 Å². The summed E-state index contributed by atoms with van der Waals surface area (Å²) in [4.78, 5) is 20.3. The van der Waals surface area contributed by atoms with Crippen molar-refractivity contribution in [2.75, 3.05) is 13.1 Å². The average Bonchev–Trinajstić information content (AvgIpc) is 3.37. The minimum absolute atomic E-state index is 0.0859. The molecule has 2 atom stereocenters. The Balaban J connectivity index is 1.27. The SMILES string of the molecule is Cc1cccc(-c2noc(CN3CCCC(C(=O)NC(c4ccccc4)c4ccccc4C)C3)n2)c1. The van der Waals surface area contributed by atoms with E-state index < -0.39 is 0 Å². The largest absolute Gasteiger partial charge is 0.345 e. The zero-order valence-electron chi connectivity index (χ0n) is 20.9. The first-order chi connectivity index (χ1) is 17.6. The Morgan fingerprint density at radius 3 is 2.67 bits per heavy atom. The normalized spacial score (nSPS) is 17.0. The van der Waals surface area contributed by atoms with Crippen molar-refractivity contribution in [3.05, 3.63) is 107 Å². The number of hydrogen-bond donors (Lipinski definition) is 1. The molecule has 3 aromatic carbocycles. The van der Waals surface area contributed by atoms with Crippen LogP contribution in [0.4, 0.5) is 0 Å². The van der Waals surface area contributed by atoms with Gasteiger partial charge in [0.2, 0.25) is 17.6 Å². The third kappa shape index (κ3) is 5.55. The van der Waals surface area contributed by atoms with Gasteiger partial charge in [-0.15, -0.1) is 0 Å². The molecule has 1 aliphatic heterocycles. The molecule has 1 aliphatic rings. The van der Waals surface area contributed by atoms with Crippen molar-refractivity contribution in [3.8, 4) is 11.4 Å². The topological polar surface area (TPSA) is 71.3 Å². The molecule has 0 bridgehead atoms. The number of piperidine rings is 1. The maximum atomic E-state index is 13.5. The Morgan fingerprint density at radius 2 is 1.86 bits per heavy atom. The van der Waals surface area contributed by atoms with Gasteiger partial charge in [-0.3, -0.25) is 9.69 Å². The minimum atomic E-state index is -0.178.